The van der Waals surface area contributed by atoms with Gasteiger partial charge in [-0.2, -0.15) is 0 Å². The lowest BCUT2D eigenvalue weighted by molar-refractivity contribution is 1.29. The second-order valence-corrected chi connectivity index (χ2v) is 24.9. The second-order valence-electron chi connectivity index (χ2n) is 17.7. The molecule has 0 radical (unpaired) electrons. The van der Waals surface area contributed by atoms with Gasteiger partial charge in [-0.15, -0.1) is 22.7 Å². The first-order valence-corrected chi connectivity index (χ1v) is 27.1. The summed E-state index contributed by atoms with van der Waals surface area (Å²) in [6, 6.07) is 78.7. The molecule has 0 aliphatic rings. The van der Waals surface area contributed by atoms with Crippen molar-refractivity contribution in [3.8, 4) is 11.1 Å². The molecule has 0 amide bonds. The Balaban J connectivity index is 1.06. The third-order valence-corrected chi connectivity index (χ3v) is 17.2. The third kappa shape index (κ3) is 6.50. The van der Waals surface area contributed by atoms with Crippen LogP contribution in [0.15, 0.2) is 212 Å². The first kappa shape index (κ1) is 38.6. The molecule has 0 fully saturated rings. The Hall–Kier alpha value is -7.02. The van der Waals surface area contributed by atoms with E-state index in [2.05, 4.69) is 242 Å². The second kappa shape index (κ2) is 15.4. The highest BCUT2D eigenvalue weighted by Crippen LogP contribution is 2.49. The lowest BCUT2D eigenvalue weighted by Gasteiger charge is -2.28. The van der Waals surface area contributed by atoms with E-state index in [9.17, 15) is 0 Å². The minimum atomic E-state index is -1.45. The molecule has 0 bridgehead atoms. The molecular weight excluding hydrogens is 829 g/mol. The van der Waals surface area contributed by atoms with E-state index in [0.29, 0.717) is 0 Å². The topological polar surface area (TPSA) is 6.48 Å². The lowest BCUT2D eigenvalue weighted by atomic mass is 9.96. The van der Waals surface area contributed by atoms with Crippen LogP contribution in [0, 0.1) is 0 Å². The highest BCUT2D eigenvalue weighted by atomic mass is 32.1. The minimum Gasteiger partial charge on any atom is -0.310 e. The molecule has 12 aromatic rings. The zero-order chi connectivity index (χ0) is 42.9. The number of rotatable bonds is 8. The molecular formula is C59H44N2S2Si. The zero-order valence-corrected chi connectivity index (χ0v) is 38.6. The summed E-state index contributed by atoms with van der Waals surface area (Å²) in [7, 11) is -1.45. The van der Waals surface area contributed by atoms with Gasteiger partial charge in [-0.1, -0.05) is 158 Å². The zero-order valence-electron chi connectivity index (χ0n) is 35.9. The Kier molecular flexibility index (Phi) is 9.27. The van der Waals surface area contributed by atoms with Crippen molar-refractivity contribution in [2.24, 2.45) is 0 Å². The third-order valence-electron chi connectivity index (χ3n) is 12.8. The Labute approximate surface area is 382 Å². The van der Waals surface area contributed by atoms with Crippen LogP contribution in [0.3, 0.4) is 0 Å². The Morgan fingerprint density at radius 3 is 1.67 bits per heavy atom. The maximum atomic E-state index is 2.47. The van der Waals surface area contributed by atoms with Gasteiger partial charge in [0.25, 0.3) is 0 Å². The highest BCUT2D eigenvalue weighted by Gasteiger charge is 2.23. The molecule has 64 heavy (non-hydrogen) atoms. The Morgan fingerprint density at radius 1 is 0.344 bits per heavy atom. The smallest absolute Gasteiger partial charge is 0.0775 e. The van der Waals surface area contributed by atoms with E-state index >= 15 is 0 Å². The van der Waals surface area contributed by atoms with Crippen molar-refractivity contribution >= 4 is 132 Å². The fourth-order valence-corrected chi connectivity index (χ4v) is 13.2. The van der Waals surface area contributed by atoms with E-state index in [0.717, 1.165) is 28.4 Å². The number of para-hydroxylation sites is 2. The van der Waals surface area contributed by atoms with Crippen molar-refractivity contribution in [2.75, 3.05) is 9.80 Å². The fourth-order valence-electron chi connectivity index (χ4n) is 9.66. The molecule has 2 aromatic heterocycles. The van der Waals surface area contributed by atoms with Crippen LogP contribution in [-0.2, 0) is 0 Å². The van der Waals surface area contributed by atoms with Crippen LogP contribution in [0.2, 0.25) is 19.6 Å². The number of nitrogens with zero attached hydrogens (tertiary/aromatic N) is 2. The van der Waals surface area contributed by atoms with E-state index in [1.165, 1.54) is 83.9 Å². The molecule has 0 unspecified atom stereocenters. The van der Waals surface area contributed by atoms with Crippen LogP contribution in [0.5, 0.6) is 0 Å². The lowest BCUT2D eigenvalue weighted by Crippen LogP contribution is -2.37. The summed E-state index contributed by atoms with van der Waals surface area (Å²) in [6.45, 7) is 7.23. The predicted octanol–water partition coefficient (Wildman–Crippen LogP) is 17.9. The number of thiophene rings is 2. The molecule has 306 valence electrons. The summed E-state index contributed by atoms with van der Waals surface area (Å²) >= 11 is 3.77. The van der Waals surface area contributed by atoms with E-state index in [-0.39, 0.29) is 0 Å². The van der Waals surface area contributed by atoms with E-state index in [1.54, 1.807) is 0 Å². The summed E-state index contributed by atoms with van der Waals surface area (Å²) < 4.78 is 5.21. The van der Waals surface area contributed by atoms with Crippen molar-refractivity contribution in [2.45, 2.75) is 19.6 Å². The average molecular weight is 873 g/mol. The SMILES string of the molecule is C[Si](C)(C)c1ccc(N(c2ccccc2)c2ccc3c(c2)sc2c4ccc(N(c5ccc6sc7ccccc7c6c5)c5ccccc5-c5ccccc5)cc4c4ccccc4c32)cc1. The quantitative estimate of drug-likeness (QED) is 0.111. The van der Waals surface area contributed by atoms with Crippen molar-refractivity contribution in [1.29, 1.82) is 0 Å². The van der Waals surface area contributed by atoms with Crippen LogP contribution in [0.25, 0.3) is 73.0 Å². The number of hydrogen-bond donors (Lipinski definition) is 0. The minimum absolute atomic E-state index is 1.13. The maximum Gasteiger partial charge on any atom is 0.0775 e. The monoisotopic (exact) mass is 872 g/mol. The molecule has 0 aliphatic carbocycles. The molecule has 0 saturated heterocycles. The van der Waals surface area contributed by atoms with Crippen LogP contribution >= 0.6 is 22.7 Å². The number of benzene rings is 10. The van der Waals surface area contributed by atoms with Crippen LogP contribution in [0.4, 0.5) is 34.1 Å². The molecule has 2 nitrogen and oxygen atoms in total. The first-order chi connectivity index (χ1) is 31.4. The molecule has 0 N–H and O–H groups in total. The van der Waals surface area contributed by atoms with Gasteiger partial charge in [0.15, 0.2) is 0 Å². The van der Waals surface area contributed by atoms with Crippen molar-refractivity contribution in [3.63, 3.8) is 0 Å². The molecule has 0 saturated carbocycles. The summed E-state index contributed by atoms with van der Waals surface area (Å²) in [5, 5.41) is 11.7. The van der Waals surface area contributed by atoms with E-state index < -0.39 is 8.07 Å². The fraction of sp³-hybridized carbons (Fsp3) is 0.0508. The molecule has 10 aromatic carbocycles. The van der Waals surface area contributed by atoms with Gasteiger partial charge in [-0.3, -0.25) is 0 Å². The van der Waals surface area contributed by atoms with Gasteiger partial charge >= 0.3 is 0 Å². The van der Waals surface area contributed by atoms with Gasteiger partial charge in [0.2, 0.25) is 0 Å². The average Bonchev–Trinajstić information content (AvgIpc) is 3.91. The highest BCUT2D eigenvalue weighted by molar-refractivity contribution is 7.27. The Bertz CT molecular complexity index is 3720. The summed E-state index contributed by atoms with van der Waals surface area (Å²) in [6.07, 6.45) is 0. The van der Waals surface area contributed by atoms with Crippen LogP contribution in [0.1, 0.15) is 0 Å². The summed E-state index contributed by atoms with van der Waals surface area (Å²) in [5.74, 6) is 0. The molecule has 0 aliphatic heterocycles. The van der Waals surface area contributed by atoms with E-state index in [1.807, 2.05) is 22.7 Å². The first-order valence-electron chi connectivity index (χ1n) is 22.0. The van der Waals surface area contributed by atoms with Gasteiger partial charge in [-0.25, -0.2) is 0 Å². The number of hydrogen-bond acceptors (Lipinski definition) is 4. The standard InChI is InChI=1S/C59H44N2S2Si/c1-64(2,3)45-31-26-41(27-32-45)60(40-18-8-5-9-19-40)44-29-34-51-57(38-44)63-59-50-33-28-42(36-52(50)47-21-10-11-23-49(47)58(51)59)61(54-24-14-12-20-46(54)39-16-6-4-7-17-39)43-30-35-56-53(37-43)48-22-13-15-25-55(48)62-56/h4-38H,1-3H3. The molecule has 0 spiro atoms. The van der Waals surface area contributed by atoms with Gasteiger partial charge in [0.05, 0.1) is 13.8 Å². The molecule has 12 rings (SSSR count). The summed E-state index contributed by atoms with van der Waals surface area (Å²) in [4.78, 5) is 4.87. The van der Waals surface area contributed by atoms with Crippen molar-refractivity contribution in [3.05, 3.63) is 212 Å². The number of fused-ring (bicyclic) bond motifs is 11. The van der Waals surface area contributed by atoms with Crippen molar-refractivity contribution in [1.82, 2.24) is 0 Å². The van der Waals surface area contributed by atoms with Gasteiger partial charge < -0.3 is 9.80 Å². The van der Waals surface area contributed by atoms with Crippen LogP contribution < -0.4 is 15.0 Å². The van der Waals surface area contributed by atoms with Gasteiger partial charge in [0, 0.05) is 79.7 Å². The number of anilines is 6. The molecule has 5 heteroatoms. The van der Waals surface area contributed by atoms with Crippen LogP contribution in [-0.4, -0.2) is 8.07 Å². The Morgan fingerprint density at radius 2 is 0.906 bits per heavy atom. The molecule has 0 atom stereocenters. The largest absolute Gasteiger partial charge is 0.310 e. The predicted molar refractivity (Wildman–Crippen MR) is 285 cm³/mol. The van der Waals surface area contributed by atoms with E-state index in [4.69, 9.17) is 0 Å². The molecule has 2 heterocycles. The summed E-state index contributed by atoms with van der Waals surface area (Å²) in [5.41, 5.74) is 9.26. The van der Waals surface area contributed by atoms with Crippen molar-refractivity contribution < 1.29 is 0 Å². The van der Waals surface area contributed by atoms with Gasteiger partial charge in [-0.05, 0) is 101 Å². The maximum absolute atomic E-state index is 2.47. The van der Waals surface area contributed by atoms with Gasteiger partial charge in [0.1, 0.15) is 0 Å². The normalized spacial score (nSPS) is 12.0.